The van der Waals surface area contributed by atoms with E-state index in [4.69, 9.17) is 0 Å². The fraction of sp³-hybridized carbons (Fsp3) is 0.478. The zero-order valence-corrected chi connectivity index (χ0v) is 16.7. The third kappa shape index (κ3) is 3.63. The van der Waals surface area contributed by atoms with Crippen LogP contribution in [0, 0.1) is 0 Å². The molecular weight excluding hydrogens is 362 g/mol. The summed E-state index contributed by atoms with van der Waals surface area (Å²) in [5.74, 6) is 0.162. The Morgan fingerprint density at radius 1 is 0.966 bits per heavy atom. The van der Waals surface area contributed by atoms with Crippen molar-refractivity contribution in [1.82, 2.24) is 24.8 Å². The van der Waals surface area contributed by atoms with E-state index in [0.29, 0.717) is 24.1 Å². The number of imidazole rings is 1. The fourth-order valence-electron chi connectivity index (χ4n) is 5.02. The lowest BCUT2D eigenvalue weighted by Gasteiger charge is -2.34. The van der Waals surface area contributed by atoms with Crippen LogP contribution in [0.5, 0.6) is 0 Å². The Balaban J connectivity index is 1.35. The Morgan fingerprint density at radius 3 is 2.34 bits per heavy atom. The number of carbonyl (C=O) groups excluding carboxylic acids is 1. The summed E-state index contributed by atoms with van der Waals surface area (Å²) in [7, 11) is 0. The molecule has 150 valence electrons. The highest BCUT2D eigenvalue weighted by Crippen LogP contribution is 2.32. The van der Waals surface area contributed by atoms with Gasteiger partial charge in [-0.25, -0.2) is 4.98 Å². The first-order valence-electron chi connectivity index (χ1n) is 10.8. The lowest BCUT2D eigenvalue weighted by atomic mass is 10.1. The zero-order valence-electron chi connectivity index (χ0n) is 16.7. The van der Waals surface area contributed by atoms with Crippen molar-refractivity contribution in [3.05, 3.63) is 53.9 Å². The van der Waals surface area contributed by atoms with E-state index < -0.39 is 0 Å². The minimum atomic E-state index is 0.162. The van der Waals surface area contributed by atoms with Crippen molar-refractivity contribution in [3.63, 3.8) is 0 Å². The summed E-state index contributed by atoms with van der Waals surface area (Å²) in [4.78, 5) is 32.1. The number of H-pyrrole nitrogens is 1. The van der Waals surface area contributed by atoms with Crippen LogP contribution in [0.25, 0.3) is 11.0 Å². The lowest BCUT2D eigenvalue weighted by molar-refractivity contribution is 0.0580. The van der Waals surface area contributed by atoms with Crippen LogP contribution < -0.4 is 0 Å². The summed E-state index contributed by atoms with van der Waals surface area (Å²) in [6.07, 6.45) is 15.4. The largest absolute Gasteiger partial charge is 0.344 e. The Bertz CT molecular complexity index is 968. The summed E-state index contributed by atoms with van der Waals surface area (Å²) < 4.78 is 0. The molecule has 6 nitrogen and oxygen atoms in total. The molecule has 5 rings (SSSR count). The van der Waals surface area contributed by atoms with Crippen LogP contribution in [0.4, 0.5) is 0 Å². The second-order valence-electron chi connectivity index (χ2n) is 8.36. The van der Waals surface area contributed by atoms with E-state index in [9.17, 15) is 4.79 Å². The van der Waals surface area contributed by atoms with Crippen LogP contribution in [0.15, 0.2) is 36.9 Å². The minimum Gasteiger partial charge on any atom is -0.344 e. The second kappa shape index (κ2) is 7.93. The van der Waals surface area contributed by atoms with E-state index >= 15 is 0 Å². The Hall–Kier alpha value is -2.76. The maximum atomic E-state index is 13.4. The molecule has 0 atom stereocenters. The molecule has 2 aliphatic carbocycles. The molecule has 0 saturated heterocycles. The van der Waals surface area contributed by atoms with Gasteiger partial charge in [0.05, 0.1) is 23.1 Å². The maximum absolute atomic E-state index is 13.4. The van der Waals surface area contributed by atoms with E-state index in [2.05, 4.69) is 24.8 Å². The normalized spacial score (nSPS) is 17.9. The standard InChI is InChI=1S/C23H27N5O/c29-23(28(18-5-1-2-6-18)19-7-3-4-8-19)16-9-10-17(25-14-16)13-21-22-20(11-12-24-21)26-15-27-22/h9-12,14-15,18-19H,1-8,13H2,(H,26,27). The van der Waals surface area contributed by atoms with Crippen molar-refractivity contribution >= 4 is 16.9 Å². The zero-order chi connectivity index (χ0) is 19.6. The van der Waals surface area contributed by atoms with Gasteiger partial charge >= 0.3 is 0 Å². The van der Waals surface area contributed by atoms with Gasteiger partial charge in [0, 0.05) is 36.6 Å². The van der Waals surface area contributed by atoms with Crippen molar-refractivity contribution in [1.29, 1.82) is 0 Å². The van der Waals surface area contributed by atoms with E-state index in [1.54, 1.807) is 18.7 Å². The summed E-state index contributed by atoms with van der Waals surface area (Å²) >= 11 is 0. The number of nitrogens with zero attached hydrogens (tertiary/aromatic N) is 4. The van der Waals surface area contributed by atoms with Gasteiger partial charge in [-0.05, 0) is 43.9 Å². The van der Waals surface area contributed by atoms with Crippen LogP contribution in [-0.2, 0) is 6.42 Å². The predicted molar refractivity (Wildman–Crippen MR) is 112 cm³/mol. The molecule has 6 heteroatoms. The molecule has 2 saturated carbocycles. The van der Waals surface area contributed by atoms with Crippen LogP contribution in [0.2, 0.25) is 0 Å². The molecule has 0 aliphatic heterocycles. The van der Waals surface area contributed by atoms with Gasteiger partial charge < -0.3 is 9.88 Å². The van der Waals surface area contributed by atoms with Gasteiger partial charge in [-0.1, -0.05) is 25.7 Å². The van der Waals surface area contributed by atoms with Gasteiger partial charge in [0.1, 0.15) is 5.52 Å². The summed E-state index contributed by atoms with van der Waals surface area (Å²) in [6.45, 7) is 0. The van der Waals surface area contributed by atoms with Gasteiger partial charge in [0.2, 0.25) is 0 Å². The number of fused-ring (bicyclic) bond motifs is 1. The summed E-state index contributed by atoms with van der Waals surface area (Å²) in [6, 6.07) is 6.63. The number of carbonyl (C=O) groups is 1. The Labute approximate surface area is 170 Å². The van der Waals surface area contributed by atoms with Crippen LogP contribution in [0.3, 0.4) is 0 Å². The molecule has 1 amide bonds. The molecule has 2 fully saturated rings. The quantitative estimate of drug-likeness (QED) is 0.707. The molecule has 0 bridgehead atoms. The predicted octanol–water partition coefficient (Wildman–Crippen LogP) is 4.27. The number of rotatable bonds is 5. The number of aromatic nitrogens is 4. The van der Waals surface area contributed by atoms with Gasteiger partial charge in [-0.15, -0.1) is 0 Å². The molecule has 0 spiro atoms. The van der Waals surface area contributed by atoms with Gasteiger partial charge in [-0.2, -0.15) is 0 Å². The van der Waals surface area contributed by atoms with Crippen molar-refractivity contribution in [3.8, 4) is 0 Å². The molecule has 1 N–H and O–H groups in total. The molecule has 0 aromatic carbocycles. The first-order valence-corrected chi connectivity index (χ1v) is 10.8. The monoisotopic (exact) mass is 389 g/mol. The number of pyridine rings is 2. The molecule has 29 heavy (non-hydrogen) atoms. The topological polar surface area (TPSA) is 74.8 Å². The highest BCUT2D eigenvalue weighted by Gasteiger charge is 2.34. The molecule has 3 aromatic rings. The number of aromatic amines is 1. The highest BCUT2D eigenvalue weighted by atomic mass is 16.2. The first-order chi connectivity index (χ1) is 14.3. The van der Waals surface area contributed by atoms with E-state index in [1.165, 1.54) is 25.7 Å². The average molecular weight is 390 g/mol. The van der Waals surface area contributed by atoms with Crippen molar-refractivity contribution in [2.24, 2.45) is 0 Å². The fourth-order valence-corrected chi connectivity index (χ4v) is 5.02. The smallest absolute Gasteiger partial charge is 0.255 e. The van der Waals surface area contributed by atoms with Crippen LogP contribution in [-0.4, -0.2) is 42.8 Å². The Morgan fingerprint density at radius 2 is 1.69 bits per heavy atom. The number of amides is 1. The van der Waals surface area contributed by atoms with Crippen LogP contribution in [0.1, 0.15) is 73.1 Å². The first kappa shape index (κ1) is 18.3. The molecule has 3 aromatic heterocycles. The second-order valence-corrected chi connectivity index (χ2v) is 8.36. The Kier molecular flexibility index (Phi) is 5.00. The van der Waals surface area contributed by atoms with Gasteiger partial charge in [0.25, 0.3) is 5.91 Å². The van der Waals surface area contributed by atoms with Gasteiger partial charge in [0.15, 0.2) is 0 Å². The lowest BCUT2D eigenvalue weighted by Crippen LogP contribution is -2.45. The number of nitrogens with one attached hydrogen (secondary N) is 1. The SMILES string of the molecule is O=C(c1ccc(Cc2nccc3[nH]cnc23)nc1)N(C1CCCC1)C1CCCC1. The molecule has 2 aliphatic rings. The third-order valence-corrected chi connectivity index (χ3v) is 6.50. The summed E-state index contributed by atoms with van der Waals surface area (Å²) in [5.41, 5.74) is 4.36. The van der Waals surface area contributed by atoms with Crippen molar-refractivity contribution in [2.75, 3.05) is 0 Å². The van der Waals surface area contributed by atoms with E-state index in [0.717, 1.165) is 48.1 Å². The number of hydrogen-bond acceptors (Lipinski definition) is 4. The van der Waals surface area contributed by atoms with Crippen molar-refractivity contribution in [2.45, 2.75) is 69.9 Å². The average Bonchev–Trinajstić information content (AvgIpc) is 3.52. The van der Waals surface area contributed by atoms with E-state index in [1.807, 2.05) is 18.2 Å². The maximum Gasteiger partial charge on any atom is 0.255 e. The molecule has 0 unspecified atom stereocenters. The molecule has 0 radical (unpaired) electrons. The summed E-state index contributed by atoms with van der Waals surface area (Å²) in [5, 5.41) is 0. The number of hydrogen-bond donors (Lipinski definition) is 1. The van der Waals surface area contributed by atoms with Gasteiger partial charge in [-0.3, -0.25) is 14.8 Å². The highest BCUT2D eigenvalue weighted by molar-refractivity contribution is 5.94. The third-order valence-electron chi connectivity index (χ3n) is 6.50. The van der Waals surface area contributed by atoms with Crippen LogP contribution >= 0.6 is 0 Å². The molecule has 3 heterocycles. The molecular formula is C23H27N5O. The minimum absolute atomic E-state index is 0.162. The van der Waals surface area contributed by atoms with Crippen molar-refractivity contribution < 1.29 is 4.79 Å². The van der Waals surface area contributed by atoms with E-state index in [-0.39, 0.29) is 5.91 Å².